The molecule has 102 valence electrons. The van der Waals surface area contributed by atoms with Gasteiger partial charge in [-0.05, 0) is 43.2 Å². The van der Waals surface area contributed by atoms with Crippen LogP contribution in [0.15, 0.2) is 21.7 Å². The minimum atomic E-state index is 0.718. The van der Waals surface area contributed by atoms with Gasteiger partial charge in [0.1, 0.15) is 0 Å². The Kier molecular flexibility index (Phi) is 6.06. The van der Waals surface area contributed by atoms with Crippen LogP contribution in [0.3, 0.4) is 0 Å². The van der Waals surface area contributed by atoms with Crippen molar-refractivity contribution in [2.24, 2.45) is 5.92 Å². The van der Waals surface area contributed by atoms with Crippen LogP contribution in [0.5, 0.6) is 0 Å². The molecule has 0 aliphatic heterocycles. The van der Waals surface area contributed by atoms with Crippen LogP contribution in [0.4, 0.5) is 0 Å². The van der Waals surface area contributed by atoms with Gasteiger partial charge < -0.3 is 5.32 Å². The second kappa shape index (κ2) is 7.56. The second-order valence-corrected chi connectivity index (χ2v) is 7.71. The lowest BCUT2D eigenvalue weighted by molar-refractivity contribution is 0.289. The predicted octanol–water partition coefficient (Wildman–Crippen LogP) is 4.79. The van der Waals surface area contributed by atoms with Crippen LogP contribution in [0, 0.1) is 5.92 Å². The Morgan fingerprint density at radius 2 is 2.28 bits per heavy atom. The van der Waals surface area contributed by atoms with Crippen molar-refractivity contribution < 1.29 is 0 Å². The van der Waals surface area contributed by atoms with Crippen LogP contribution in [0.1, 0.15) is 46.0 Å². The molecule has 1 N–H and O–H groups in total. The van der Waals surface area contributed by atoms with Crippen molar-refractivity contribution in [3.8, 4) is 0 Å². The summed E-state index contributed by atoms with van der Waals surface area (Å²) in [4.78, 5) is 0. The van der Waals surface area contributed by atoms with Gasteiger partial charge in [-0.3, -0.25) is 0 Å². The summed E-state index contributed by atoms with van der Waals surface area (Å²) in [6, 6.07) is 5.15. The van der Waals surface area contributed by atoms with Crippen LogP contribution < -0.4 is 5.32 Å². The second-order valence-electron chi connectivity index (χ2n) is 5.22. The summed E-state index contributed by atoms with van der Waals surface area (Å²) in [5.41, 5.74) is 0. The van der Waals surface area contributed by atoms with Crippen molar-refractivity contribution in [1.82, 2.24) is 5.32 Å². The maximum absolute atomic E-state index is 3.69. The fourth-order valence-corrected chi connectivity index (χ4v) is 5.42. The number of nitrogens with one attached hydrogen (secondary N) is 1. The first kappa shape index (κ1) is 14.4. The summed E-state index contributed by atoms with van der Waals surface area (Å²) in [6.45, 7) is 5.65. The van der Waals surface area contributed by atoms with Gasteiger partial charge in [-0.25, -0.2) is 0 Å². The quantitative estimate of drug-likeness (QED) is 0.806. The zero-order valence-electron chi connectivity index (χ0n) is 11.5. The molecule has 3 unspecified atom stereocenters. The van der Waals surface area contributed by atoms with E-state index in [1.165, 1.54) is 36.3 Å². The first-order valence-electron chi connectivity index (χ1n) is 7.27. The SMILES string of the molecule is CCCC1CCC(NCC)C(Sc2cccs2)C1. The molecule has 0 spiro atoms. The van der Waals surface area contributed by atoms with Gasteiger partial charge in [-0.2, -0.15) is 0 Å². The van der Waals surface area contributed by atoms with Crippen molar-refractivity contribution in [1.29, 1.82) is 0 Å². The standard InChI is InChI=1S/C15H25NS2/c1-3-6-12-8-9-13(16-4-2)14(11-12)18-15-7-5-10-17-15/h5,7,10,12-14,16H,3-4,6,8-9,11H2,1-2H3. The molecule has 0 amide bonds. The molecule has 3 atom stereocenters. The van der Waals surface area contributed by atoms with E-state index in [2.05, 4.69) is 48.4 Å². The van der Waals surface area contributed by atoms with Gasteiger partial charge in [0.15, 0.2) is 0 Å². The average Bonchev–Trinajstić information content (AvgIpc) is 2.86. The van der Waals surface area contributed by atoms with E-state index < -0.39 is 0 Å². The molecule has 1 heterocycles. The minimum Gasteiger partial charge on any atom is -0.313 e. The lowest BCUT2D eigenvalue weighted by Gasteiger charge is -2.36. The Morgan fingerprint density at radius 1 is 1.39 bits per heavy atom. The fraction of sp³-hybridized carbons (Fsp3) is 0.733. The average molecular weight is 284 g/mol. The van der Waals surface area contributed by atoms with Gasteiger partial charge in [-0.1, -0.05) is 32.8 Å². The maximum atomic E-state index is 3.69. The molecule has 1 aromatic rings. The van der Waals surface area contributed by atoms with E-state index in [0.717, 1.165) is 23.8 Å². The van der Waals surface area contributed by atoms with Crippen LogP contribution in [0.2, 0.25) is 0 Å². The summed E-state index contributed by atoms with van der Waals surface area (Å²) in [6.07, 6.45) is 6.94. The molecule has 0 radical (unpaired) electrons. The Morgan fingerprint density at radius 3 is 2.94 bits per heavy atom. The zero-order valence-corrected chi connectivity index (χ0v) is 13.2. The van der Waals surface area contributed by atoms with E-state index in [4.69, 9.17) is 0 Å². The fourth-order valence-electron chi connectivity index (χ4n) is 2.99. The molecular formula is C15H25NS2. The molecular weight excluding hydrogens is 258 g/mol. The first-order chi connectivity index (χ1) is 8.83. The summed E-state index contributed by atoms with van der Waals surface area (Å²) in [5.74, 6) is 0.961. The number of thiophene rings is 1. The van der Waals surface area contributed by atoms with Gasteiger partial charge in [-0.15, -0.1) is 23.1 Å². The molecule has 0 bridgehead atoms. The summed E-state index contributed by atoms with van der Waals surface area (Å²) in [5, 5.41) is 6.66. The third-order valence-electron chi connectivity index (χ3n) is 3.83. The third-order valence-corrected chi connectivity index (χ3v) is 6.26. The Bertz CT molecular complexity index is 323. The molecule has 3 heteroatoms. The molecule has 1 fully saturated rings. The summed E-state index contributed by atoms with van der Waals surface area (Å²) >= 11 is 3.99. The van der Waals surface area contributed by atoms with E-state index in [1.807, 2.05) is 11.3 Å². The van der Waals surface area contributed by atoms with E-state index in [0.29, 0.717) is 0 Å². The van der Waals surface area contributed by atoms with Crippen molar-refractivity contribution >= 4 is 23.1 Å². The van der Waals surface area contributed by atoms with Crippen molar-refractivity contribution in [3.63, 3.8) is 0 Å². The van der Waals surface area contributed by atoms with Crippen molar-refractivity contribution in [2.45, 2.75) is 61.5 Å². The van der Waals surface area contributed by atoms with E-state index in [-0.39, 0.29) is 0 Å². The van der Waals surface area contributed by atoms with E-state index in [9.17, 15) is 0 Å². The normalized spacial score (nSPS) is 28.4. The Hall–Kier alpha value is 0.01000. The number of hydrogen-bond acceptors (Lipinski definition) is 3. The maximum Gasteiger partial charge on any atom is 0.0601 e. The predicted molar refractivity (Wildman–Crippen MR) is 83.7 cm³/mol. The molecule has 1 aliphatic rings. The zero-order chi connectivity index (χ0) is 12.8. The van der Waals surface area contributed by atoms with Crippen LogP contribution in [-0.4, -0.2) is 17.8 Å². The molecule has 1 aliphatic carbocycles. The highest BCUT2D eigenvalue weighted by molar-refractivity contribution is 8.01. The molecule has 0 aromatic carbocycles. The van der Waals surface area contributed by atoms with Crippen LogP contribution in [0.25, 0.3) is 0 Å². The van der Waals surface area contributed by atoms with E-state index >= 15 is 0 Å². The van der Waals surface area contributed by atoms with Gasteiger partial charge in [0.2, 0.25) is 0 Å². The number of thioether (sulfide) groups is 1. The third kappa shape index (κ3) is 4.01. The molecule has 2 rings (SSSR count). The van der Waals surface area contributed by atoms with Crippen molar-refractivity contribution in [3.05, 3.63) is 17.5 Å². The first-order valence-corrected chi connectivity index (χ1v) is 9.03. The van der Waals surface area contributed by atoms with Gasteiger partial charge in [0.05, 0.1) is 4.21 Å². The molecule has 0 saturated heterocycles. The van der Waals surface area contributed by atoms with Gasteiger partial charge in [0, 0.05) is 11.3 Å². The Labute approximate surface area is 120 Å². The monoisotopic (exact) mass is 283 g/mol. The largest absolute Gasteiger partial charge is 0.313 e. The number of rotatable bonds is 6. The lowest BCUT2D eigenvalue weighted by Crippen LogP contribution is -2.42. The van der Waals surface area contributed by atoms with Crippen LogP contribution >= 0.6 is 23.1 Å². The summed E-state index contributed by atoms with van der Waals surface area (Å²) in [7, 11) is 0. The minimum absolute atomic E-state index is 0.718. The Balaban J connectivity index is 1.95. The molecule has 1 aromatic heterocycles. The topological polar surface area (TPSA) is 12.0 Å². The van der Waals surface area contributed by atoms with Crippen molar-refractivity contribution in [2.75, 3.05) is 6.54 Å². The van der Waals surface area contributed by atoms with Gasteiger partial charge >= 0.3 is 0 Å². The van der Waals surface area contributed by atoms with Crippen LogP contribution in [-0.2, 0) is 0 Å². The highest BCUT2D eigenvalue weighted by atomic mass is 32.2. The smallest absolute Gasteiger partial charge is 0.0601 e. The molecule has 18 heavy (non-hydrogen) atoms. The molecule has 1 nitrogen and oxygen atoms in total. The van der Waals surface area contributed by atoms with Gasteiger partial charge in [0.25, 0.3) is 0 Å². The highest BCUT2D eigenvalue weighted by Crippen LogP contribution is 2.39. The highest BCUT2D eigenvalue weighted by Gasteiger charge is 2.30. The molecule has 1 saturated carbocycles. The lowest BCUT2D eigenvalue weighted by atomic mass is 9.83. The van der Waals surface area contributed by atoms with E-state index in [1.54, 1.807) is 0 Å². The summed E-state index contributed by atoms with van der Waals surface area (Å²) < 4.78 is 1.49. The number of hydrogen-bond donors (Lipinski definition) is 1.